The highest BCUT2D eigenvalue weighted by atomic mass is 16.5. The number of unbranched alkanes of at least 4 members (excludes halogenated alkanes) is 2. The molecule has 0 amide bonds. The van der Waals surface area contributed by atoms with Crippen molar-refractivity contribution in [2.75, 3.05) is 0 Å². The predicted molar refractivity (Wildman–Crippen MR) is 117 cm³/mol. The quantitative estimate of drug-likeness (QED) is 0.272. The monoisotopic (exact) mass is 376 g/mol. The SMILES string of the molecule is CCCCCC1CC=C(c2ccc(-c3ccc(OC(=O)CC)cc3)cc2)CC1. The van der Waals surface area contributed by atoms with Gasteiger partial charge in [0.05, 0.1) is 0 Å². The molecule has 2 aromatic carbocycles. The van der Waals surface area contributed by atoms with Crippen LogP contribution in [-0.4, -0.2) is 5.97 Å². The van der Waals surface area contributed by atoms with Crippen molar-refractivity contribution < 1.29 is 9.53 Å². The molecule has 0 fully saturated rings. The highest BCUT2D eigenvalue weighted by Crippen LogP contribution is 2.33. The van der Waals surface area contributed by atoms with Crippen molar-refractivity contribution in [2.45, 2.75) is 65.2 Å². The molecule has 28 heavy (non-hydrogen) atoms. The maximum absolute atomic E-state index is 11.4. The minimum Gasteiger partial charge on any atom is -0.427 e. The molecule has 1 atom stereocenters. The van der Waals surface area contributed by atoms with Gasteiger partial charge in [0.25, 0.3) is 0 Å². The van der Waals surface area contributed by atoms with Gasteiger partial charge in [0.1, 0.15) is 5.75 Å². The van der Waals surface area contributed by atoms with Gasteiger partial charge in [0.2, 0.25) is 0 Å². The molecule has 0 aliphatic heterocycles. The van der Waals surface area contributed by atoms with E-state index < -0.39 is 0 Å². The molecule has 1 unspecified atom stereocenters. The van der Waals surface area contributed by atoms with Crippen molar-refractivity contribution in [3.05, 3.63) is 60.2 Å². The molecule has 0 bridgehead atoms. The Hall–Kier alpha value is -2.35. The van der Waals surface area contributed by atoms with Gasteiger partial charge < -0.3 is 4.74 Å². The summed E-state index contributed by atoms with van der Waals surface area (Å²) in [6, 6.07) is 16.6. The molecule has 0 saturated carbocycles. The molecule has 0 aromatic heterocycles. The average molecular weight is 377 g/mol. The number of allylic oxidation sites excluding steroid dienone is 2. The van der Waals surface area contributed by atoms with Crippen LogP contribution in [0.25, 0.3) is 16.7 Å². The molecule has 2 heteroatoms. The second kappa shape index (κ2) is 10.3. The number of hydrogen-bond acceptors (Lipinski definition) is 2. The zero-order valence-corrected chi connectivity index (χ0v) is 17.2. The van der Waals surface area contributed by atoms with Crippen LogP contribution < -0.4 is 4.74 Å². The smallest absolute Gasteiger partial charge is 0.310 e. The van der Waals surface area contributed by atoms with Crippen molar-refractivity contribution in [3.8, 4) is 16.9 Å². The summed E-state index contributed by atoms with van der Waals surface area (Å²) in [6.07, 6.45) is 12.1. The van der Waals surface area contributed by atoms with Gasteiger partial charge in [0, 0.05) is 6.42 Å². The fraction of sp³-hybridized carbons (Fsp3) is 0.423. The van der Waals surface area contributed by atoms with Crippen LogP contribution in [0.4, 0.5) is 0 Å². The van der Waals surface area contributed by atoms with E-state index in [0.29, 0.717) is 12.2 Å². The Balaban J connectivity index is 1.60. The lowest BCUT2D eigenvalue weighted by Crippen LogP contribution is -2.05. The van der Waals surface area contributed by atoms with Crippen molar-refractivity contribution in [3.63, 3.8) is 0 Å². The largest absolute Gasteiger partial charge is 0.427 e. The predicted octanol–water partition coefficient (Wildman–Crippen LogP) is 7.43. The second-order valence-electron chi connectivity index (χ2n) is 7.79. The summed E-state index contributed by atoms with van der Waals surface area (Å²) in [4.78, 5) is 11.4. The van der Waals surface area contributed by atoms with Gasteiger partial charge in [0.15, 0.2) is 0 Å². The average Bonchev–Trinajstić information content (AvgIpc) is 2.75. The summed E-state index contributed by atoms with van der Waals surface area (Å²) in [7, 11) is 0. The number of carbonyl (C=O) groups excluding carboxylic acids is 1. The summed E-state index contributed by atoms with van der Waals surface area (Å²) >= 11 is 0. The van der Waals surface area contributed by atoms with Crippen LogP contribution in [0.5, 0.6) is 5.75 Å². The summed E-state index contributed by atoms with van der Waals surface area (Å²) in [5.74, 6) is 1.29. The van der Waals surface area contributed by atoms with Gasteiger partial charge in [-0.05, 0) is 59.6 Å². The third-order valence-electron chi connectivity index (χ3n) is 5.70. The molecule has 1 aliphatic rings. The zero-order chi connectivity index (χ0) is 19.8. The molecule has 0 spiro atoms. The first-order valence-corrected chi connectivity index (χ1v) is 10.8. The maximum Gasteiger partial charge on any atom is 0.310 e. The lowest BCUT2D eigenvalue weighted by atomic mass is 9.83. The lowest BCUT2D eigenvalue weighted by Gasteiger charge is -2.22. The molecule has 2 aromatic rings. The Morgan fingerprint density at radius 1 is 0.929 bits per heavy atom. The van der Waals surface area contributed by atoms with E-state index in [9.17, 15) is 4.79 Å². The Kier molecular flexibility index (Phi) is 7.47. The van der Waals surface area contributed by atoms with Gasteiger partial charge >= 0.3 is 5.97 Å². The van der Waals surface area contributed by atoms with E-state index in [1.165, 1.54) is 61.6 Å². The molecular formula is C26H32O2. The van der Waals surface area contributed by atoms with Crippen molar-refractivity contribution in [1.82, 2.24) is 0 Å². The van der Waals surface area contributed by atoms with Crippen molar-refractivity contribution >= 4 is 11.5 Å². The number of rotatable bonds is 8. The number of esters is 1. The number of carbonyl (C=O) groups is 1. The van der Waals surface area contributed by atoms with Crippen LogP contribution in [0.15, 0.2) is 54.6 Å². The minimum absolute atomic E-state index is 0.203. The first kappa shape index (κ1) is 20.4. The summed E-state index contributed by atoms with van der Waals surface area (Å²) in [5.41, 5.74) is 5.17. The fourth-order valence-electron chi connectivity index (χ4n) is 3.89. The molecule has 1 aliphatic carbocycles. The van der Waals surface area contributed by atoms with Gasteiger partial charge in [-0.25, -0.2) is 0 Å². The highest BCUT2D eigenvalue weighted by Gasteiger charge is 2.15. The van der Waals surface area contributed by atoms with E-state index >= 15 is 0 Å². The summed E-state index contributed by atoms with van der Waals surface area (Å²) < 4.78 is 5.25. The normalized spacial score (nSPS) is 16.5. The molecule has 148 valence electrons. The summed E-state index contributed by atoms with van der Waals surface area (Å²) in [6.45, 7) is 4.07. The minimum atomic E-state index is -0.203. The molecule has 0 N–H and O–H groups in total. The van der Waals surface area contributed by atoms with Crippen LogP contribution in [0, 0.1) is 5.92 Å². The molecule has 0 radical (unpaired) electrons. The Morgan fingerprint density at radius 2 is 1.57 bits per heavy atom. The van der Waals surface area contributed by atoms with E-state index in [1.54, 1.807) is 6.92 Å². The maximum atomic E-state index is 11.4. The van der Waals surface area contributed by atoms with Gasteiger partial charge in [-0.2, -0.15) is 0 Å². The molecule has 0 heterocycles. The molecule has 3 rings (SSSR count). The van der Waals surface area contributed by atoms with Crippen molar-refractivity contribution in [2.24, 2.45) is 5.92 Å². The first-order valence-electron chi connectivity index (χ1n) is 10.8. The Bertz CT molecular complexity index is 784. The molecule has 2 nitrogen and oxygen atoms in total. The Morgan fingerprint density at radius 3 is 2.14 bits per heavy atom. The van der Waals surface area contributed by atoms with E-state index in [4.69, 9.17) is 4.74 Å². The topological polar surface area (TPSA) is 26.3 Å². The third kappa shape index (κ3) is 5.58. The second-order valence-corrected chi connectivity index (χ2v) is 7.79. The van der Waals surface area contributed by atoms with E-state index in [-0.39, 0.29) is 5.97 Å². The van der Waals surface area contributed by atoms with E-state index in [1.807, 2.05) is 24.3 Å². The molecular weight excluding hydrogens is 344 g/mol. The molecule has 0 saturated heterocycles. The van der Waals surface area contributed by atoms with Gasteiger partial charge in [-0.15, -0.1) is 0 Å². The highest BCUT2D eigenvalue weighted by molar-refractivity contribution is 5.73. The number of benzene rings is 2. The van der Waals surface area contributed by atoms with Gasteiger partial charge in [-0.1, -0.05) is 82.0 Å². The zero-order valence-electron chi connectivity index (χ0n) is 17.2. The van der Waals surface area contributed by atoms with Gasteiger partial charge in [-0.3, -0.25) is 4.79 Å². The fourth-order valence-corrected chi connectivity index (χ4v) is 3.89. The lowest BCUT2D eigenvalue weighted by molar-refractivity contribution is -0.134. The van der Waals surface area contributed by atoms with E-state index in [2.05, 4.69) is 37.3 Å². The van der Waals surface area contributed by atoms with Crippen LogP contribution >= 0.6 is 0 Å². The van der Waals surface area contributed by atoms with Crippen LogP contribution in [-0.2, 0) is 4.79 Å². The number of ether oxygens (including phenoxy) is 1. The van der Waals surface area contributed by atoms with Crippen LogP contribution in [0.2, 0.25) is 0 Å². The Labute approximate surface area is 169 Å². The summed E-state index contributed by atoms with van der Waals surface area (Å²) in [5, 5.41) is 0. The van der Waals surface area contributed by atoms with Crippen LogP contribution in [0.3, 0.4) is 0 Å². The van der Waals surface area contributed by atoms with Crippen LogP contribution in [0.1, 0.15) is 70.8 Å². The third-order valence-corrected chi connectivity index (χ3v) is 5.70. The standard InChI is InChI=1S/C26H32O2/c1-3-5-6-7-20-8-10-21(11-9-20)22-12-14-23(15-13-22)24-16-18-25(19-17-24)28-26(27)4-2/h10,12-20H,3-9,11H2,1-2H3. The first-order chi connectivity index (χ1) is 13.7. The number of hydrogen-bond donors (Lipinski definition) is 0. The van der Waals surface area contributed by atoms with Crippen molar-refractivity contribution in [1.29, 1.82) is 0 Å². The van der Waals surface area contributed by atoms with E-state index in [0.717, 1.165) is 11.5 Å².